The molecule has 134 valence electrons. The SMILES string of the molecule is Cc1noc2nc(C(C)C)cc(C(=O)N3CCC(CC(=O)O)CC3)c12. The first-order valence-electron chi connectivity index (χ1n) is 8.64. The number of rotatable bonds is 4. The van der Waals surface area contributed by atoms with Crippen molar-refractivity contribution in [1.82, 2.24) is 15.0 Å². The highest BCUT2D eigenvalue weighted by molar-refractivity contribution is 6.06. The molecule has 0 saturated carbocycles. The Hall–Kier alpha value is -2.44. The fourth-order valence-corrected chi connectivity index (χ4v) is 3.34. The molecule has 0 spiro atoms. The molecule has 3 rings (SSSR count). The number of hydrogen-bond donors (Lipinski definition) is 1. The van der Waals surface area contributed by atoms with Crippen LogP contribution in [0.3, 0.4) is 0 Å². The molecule has 1 amide bonds. The van der Waals surface area contributed by atoms with Gasteiger partial charge in [0.25, 0.3) is 11.6 Å². The normalized spacial score (nSPS) is 15.9. The van der Waals surface area contributed by atoms with Crippen molar-refractivity contribution in [3.63, 3.8) is 0 Å². The van der Waals surface area contributed by atoms with Gasteiger partial charge in [-0.25, -0.2) is 4.98 Å². The van der Waals surface area contributed by atoms with E-state index in [9.17, 15) is 9.59 Å². The maximum absolute atomic E-state index is 13.1. The Morgan fingerprint density at radius 2 is 2.04 bits per heavy atom. The van der Waals surface area contributed by atoms with Crippen molar-refractivity contribution in [1.29, 1.82) is 0 Å². The van der Waals surface area contributed by atoms with Crippen LogP contribution in [0.4, 0.5) is 0 Å². The molecular weight excluding hydrogens is 322 g/mol. The molecular formula is C18H23N3O4. The van der Waals surface area contributed by atoms with Crippen molar-refractivity contribution in [3.05, 3.63) is 23.0 Å². The number of hydrogen-bond acceptors (Lipinski definition) is 5. The lowest BCUT2D eigenvalue weighted by molar-refractivity contribution is -0.138. The van der Waals surface area contributed by atoms with Gasteiger partial charge in [-0.1, -0.05) is 19.0 Å². The van der Waals surface area contributed by atoms with Crippen LogP contribution in [0.1, 0.15) is 60.8 Å². The zero-order valence-corrected chi connectivity index (χ0v) is 14.8. The number of aromatic nitrogens is 2. The number of aliphatic carboxylic acids is 1. The molecule has 1 saturated heterocycles. The third-order valence-electron chi connectivity index (χ3n) is 4.82. The molecule has 0 radical (unpaired) electrons. The van der Waals surface area contributed by atoms with Crippen molar-refractivity contribution < 1.29 is 19.2 Å². The molecule has 7 heteroatoms. The van der Waals surface area contributed by atoms with Crippen molar-refractivity contribution in [3.8, 4) is 0 Å². The standard InChI is InChI=1S/C18H23N3O4/c1-10(2)14-9-13(16-11(3)20-25-17(16)19-14)18(24)21-6-4-12(5-7-21)8-15(22)23/h9-10,12H,4-8H2,1-3H3,(H,22,23). The van der Waals surface area contributed by atoms with Crippen LogP contribution >= 0.6 is 0 Å². The highest BCUT2D eigenvalue weighted by Gasteiger charge is 2.28. The van der Waals surface area contributed by atoms with E-state index in [4.69, 9.17) is 9.63 Å². The number of carbonyl (C=O) groups excluding carboxylic acids is 1. The predicted octanol–water partition coefficient (Wildman–Crippen LogP) is 2.98. The predicted molar refractivity (Wildman–Crippen MR) is 91.5 cm³/mol. The molecule has 0 atom stereocenters. The van der Waals surface area contributed by atoms with Gasteiger partial charge in [0.15, 0.2) is 0 Å². The number of fused-ring (bicyclic) bond motifs is 1. The van der Waals surface area contributed by atoms with E-state index in [0.29, 0.717) is 48.3 Å². The maximum atomic E-state index is 13.1. The first kappa shape index (κ1) is 17.4. The summed E-state index contributed by atoms with van der Waals surface area (Å²) < 4.78 is 5.28. The van der Waals surface area contributed by atoms with E-state index >= 15 is 0 Å². The van der Waals surface area contributed by atoms with Gasteiger partial charge in [-0.05, 0) is 37.7 Å². The number of carboxylic acids is 1. The highest BCUT2D eigenvalue weighted by Crippen LogP contribution is 2.28. The van der Waals surface area contributed by atoms with Gasteiger partial charge in [0.2, 0.25) is 0 Å². The number of aryl methyl sites for hydroxylation is 1. The zero-order chi connectivity index (χ0) is 18.1. The van der Waals surface area contributed by atoms with Gasteiger partial charge in [0.1, 0.15) is 0 Å². The van der Waals surface area contributed by atoms with Crippen LogP contribution in [0, 0.1) is 12.8 Å². The average Bonchev–Trinajstić information content (AvgIpc) is 2.95. The molecule has 3 heterocycles. The molecule has 0 aromatic carbocycles. The molecule has 7 nitrogen and oxygen atoms in total. The van der Waals surface area contributed by atoms with Gasteiger partial charge in [0.05, 0.1) is 16.6 Å². The lowest BCUT2D eigenvalue weighted by atomic mass is 9.93. The van der Waals surface area contributed by atoms with E-state index in [1.54, 1.807) is 11.8 Å². The summed E-state index contributed by atoms with van der Waals surface area (Å²) in [4.78, 5) is 30.2. The number of carbonyl (C=O) groups is 2. The summed E-state index contributed by atoms with van der Waals surface area (Å²) >= 11 is 0. The molecule has 0 bridgehead atoms. The third kappa shape index (κ3) is 3.50. The number of amides is 1. The summed E-state index contributed by atoms with van der Waals surface area (Å²) in [6, 6.07) is 1.84. The molecule has 2 aromatic heterocycles. The summed E-state index contributed by atoms with van der Waals surface area (Å²) in [7, 11) is 0. The molecule has 1 N–H and O–H groups in total. The second kappa shape index (κ2) is 6.82. The van der Waals surface area contributed by atoms with Crippen molar-refractivity contribution in [2.45, 2.75) is 46.0 Å². The van der Waals surface area contributed by atoms with Crippen molar-refractivity contribution >= 4 is 23.0 Å². The summed E-state index contributed by atoms with van der Waals surface area (Å²) in [5, 5.41) is 13.5. The molecule has 1 fully saturated rings. The topological polar surface area (TPSA) is 96.5 Å². The molecule has 0 aliphatic carbocycles. The Morgan fingerprint density at radius 3 is 2.64 bits per heavy atom. The van der Waals surface area contributed by atoms with Crippen LogP contribution in [0.2, 0.25) is 0 Å². The van der Waals surface area contributed by atoms with Crippen LogP contribution < -0.4 is 0 Å². The molecule has 2 aromatic rings. The largest absolute Gasteiger partial charge is 0.481 e. The van der Waals surface area contributed by atoms with Gasteiger partial charge in [0, 0.05) is 25.2 Å². The first-order chi connectivity index (χ1) is 11.9. The van der Waals surface area contributed by atoms with Crippen LogP contribution in [-0.2, 0) is 4.79 Å². The molecule has 0 unspecified atom stereocenters. The summed E-state index contributed by atoms with van der Waals surface area (Å²) in [6.45, 7) is 6.98. The highest BCUT2D eigenvalue weighted by atomic mass is 16.5. The average molecular weight is 345 g/mol. The van der Waals surface area contributed by atoms with Crippen LogP contribution in [0.5, 0.6) is 0 Å². The number of pyridine rings is 1. The minimum Gasteiger partial charge on any atom is -0.481 e. The van der Waals surface area contributed by atoms with E-state index in [2.05, 4.69) is 10.1 Å². The van der Waals surface area contributed by atoms with E-state index in [1.165, 1.54) is 0 Å². The van der Waals surface area contributed by atoms with Crippen LogP contribution in [-0.4, -0.2) is 45.1 Å². The number of piperidine rings is 1. The Bertz CT molecular complexity index is 804. The Balaban J connectivity index is 1.87. The summed E-state index contributed by atoms with van der Waals surface area (Å²) in [6.07, 6.45) is 1.60. The third-order valence-corrected chi connectivity index (χ3v) is 4.82. The second-order valence-corrected chi connectivity index (χ2v) is 7.03. The summed E-state index contributed by atoms with van der Waals surface area (Å²) in [5.74, 6) is -0.526. The fourth-order valence-electron chi connectivity index (χ4n) is 3.34. The molecule has 1 aliphatic rings. The van der Waals surface area contributed by atoms with E-state index < -0.39 is 5.97 Å². The minimum absolute atomic E-state index is 0.0608. The quantitative estimate of drug-likeness (QED) is 0.915. The molecule has 1 aliphatic heterocycles. The first-order valence-corrected chi connectivity index (χ1v) is 8.64. The van der Waals surface area contributed by atoms with Gasteiger partial charge < -0.3 is 14.5 Å². The Labute approximate surface area is 146 Å². The Morgan fingerprint density at radius 1 is 1.36 bits per heavy atom. The Kier molecular flexibility index (Phi) is 4.74. The lowest BCUT2D eigenvalue weighted by Gasteiger charge is -2.31. The minimum atomic E-state index is -0.776. The van der Waals surface area contributed by atoms with E-state index in [-0.39, 0.29) is 24.2 Å². The maximum Gasteiger partial charge on any atom is 0.303 e. The molecule has 25 heavy (non-hydrogen) atoms. The van der Waals surface area contributed by atoms with Crippen LogP contribution in [0.25, 0.3) is 11.1 Å². The monoisotopic (exact) mass is 345 g/mol. The fraction of sp³-hybridized carbons (Fsp3) is 0.556. The van der Waals surface area contributed by atoms with Gasteiger partial charge in [-0.2, -0.15) is 0 Å². The lowest BCUT2D eigenvalue weighted by Crippen LogP contribution is -2.39. The number of likely N-dealkylation sites (tertiary alicyclic amines) is 1. The van der Waals surface area contributed by atoms with Gasteiger partial charge in [-0.15, -0.1) is 0 Å². The zero-order valence-electron chi connectivity index (χ0n) is 14.8. The van der Waals surface area contributed by atoms with E-state index in [0.717, 1.165) is 5.69 Å². The smallest absolute Gasteiger partial charge is 0.303 e. The van der Waals surface area contributed by atoms with Gasteiger partial charge in [-0.3, -0.25) is 9.59 Å². The van der Waals surface area contributed by atoms with Gasteiger partial charge >= 0.3 is 5.97 Å². The summed E-state index contributed by atoms with van der Waals surface area (Å²) in [5.41, 5.74) is 2.42. The van der Waals surface area contributed by atoms with Crippen molar-refractivity contribution in [2.24, 2.45) is 5.92 Å². The number of carboxylic acid groups (broad SMARTS) is 1. The second-order valence-electron chi connectivity index (χ2n) is 7.03. The van der Waals surface area contributed by atoms with Crippen molar-refractivity contribution in [2.75, 3.05) is 13.1 Å². The number of nitrogens with zero attached hydrogens (tertiary/aromatic N) is 3. The van der Waals surface area contributed by atoms with Crippen LogP contribution in [0.15, 0.2) is 10.6 Å². The van der Waals surface area contributed by atoms with E-state index in [1.807, 2.05) is 19.9 Å².